The number of benzene rings is 2. The molecular weight excluding hydrogens is 309 g/mol. The summed E-state index contributed by atoms with van der Waals surface area (Å²) >= 11 is 19.5. The van der Waals surface area contributed by atoms with Gasteiger partial charge in [-0.2, -0.15) is 0 Å². The lowest BCUT2D eigenvalue weighted by Gasteiger charge is -2.06. The summed E-state index contributed by atoms with van der Waals surface area (Å²) in [4.78, 5) is 0.956. The number of hydrogen-bond acceptors (Lipinski definition) is 2. The molecule has 0 fully saturated rings. The second kappa shape index (κ2) is 6.07. The number of rotatable bonds is 3. The van der Waals surface area contributed by atoms with Crippen molar-refractivity contribution in [1.29, 1.82) is 0 Å². The quantitative estimate of drug-likeness (QED) is 0.595. The number of nitrogen functional groups attached to an aromatic ring is 1. The highest BCUT2D eigenvalue weighted by molar-refractivity contribution is 7.98. The molecule has 0 spiro atoms. The second-order valence-electron chi connectivity index (χ2n) is 3.72. The lowest BCUT2D eigenvalue weighted by molar-refractivity contribution is 1.38. The molecule has 1 nitrogen and oxygen atoms in total. The molecule has 18 heavy (non-hydrogen) atoms. The van der Waals surface area contributed by atoms with E-state index in [2.05, 4.69) is 0 Å². The maximum absolute atomic E-state index is 6.09. The van der Waals surface area contributed by atoms with Gasteiger partial charge in [0.15, 0.2) is 0 Å². The van der Waals surface area contributed by atoms with Crippen molar-refractivity contribution in [3.63, 3.8) is 0 Å². The lowest BCUT2D eigenvalue weighted by Crippen LogP contribution is -1.89. The average Bonchev–Trinajstić information content (AvgIpc) is 2.34. The number of hydrogen-bond donors (Lipinski definition) is 1. The largest absolute Gasteiger partial charge is 0.398 e. The van der Waals surface area contributed by atoms with Crippen LogP contribution in [-0.4, -0.2) is 0 Å². The standard InChI is InChI=1S/C13H10Cl3NS/c14-9-2-4-11(16)13(6-9)18-7-8-1-3-10(15)12(17)5-8/h1-6H,7,17H2. The Kier molecular flexibility index (Phi) is 4.68. The van der Waals surface area contributed by atoms with E-state index in [4.69, 9.17) is 40.5 Å². The summed E-state index contributed by atoms with van der Waals surface area (Å²) in [6, 6.07) is 11.0. The molecule has 0 amide bonds. The van der Waals surface area contributed by atoms with Gasteiger partial charge < -0.3 is 5.73 Å². The number of thioether (sulfide) groups is 1. The van der Waals surface area contributed by atoms with Crippen LogP contribution < -0.4 is 5.73 Å². The molecule has 94 valence electrons. The van der Waals surface area contributed by atoms with Gasteiger partial charge in [0.1, 0.15) is 0 Å². The van der Waals surface area contributed by atoms with E-state index in [1.165, 1.54) is 0 Å². The highest BCUT2D eigenvalue weighted by Gasteiger charge is 2.04. The SMILES string of the molecule is Nc1cc(CSc2cc(Cl)ccc2Cl)ccc1Cl. The van der Waals surface area contributed by atoms with Gasteiger partial charge >= 0.3 is 0 Å². The molecule has 2 aromatic rings. The third-order valence-corrected chi connectivity index (χ3v) is 4.50. The Bertz CT molecular complexity index is 572. The van der Waals surface area contributed by atoms with Gasteiger partial charge in [-0.05, 0) is 35.9 Å². The fourth-order valence-corrected chi connectivity index (χ4v) is 2.99. The van der Waals surface area contributed by atoms with Crippen molar-refractivity contribution in [2.45, 2.75) is 10.6 Å². The summed E-state index contributed by atoms with van der Waals surface area (Å²) in [6.07, 6.45) is 0. The van der Waals surface area contributed by atoms with Crippen LogP contribution in [0.3, 0.4) is 0 Å². The number of nitrogens with two attached hydrogens (primary N) is 1. The van der Waals surface area contributed by atoms with Crippen LogP contribution >= 0.6 is 46.6 Å². The highest BCUT2D eigenvalue weighted by atomic mass is 35.5. The van der Waals surface area contributed by atoms with Crippen LogP contribution in [-0.2, 0) is 5.75 Å². The van der Waals surface area contributed by atoms with Gasteiger partial charge in [-0.3, -0.25) is 0 Å². The van der Waals surface area contributed by atoms with Crippen LogP contribution in [0.4, 0.5) is 5.69 Å². The zero-order chi connectivity index (χ0) is 13.1. The van der Waals surface area contributed by atoms with Crippen molar-refractivity contribution in [1.82, 2.24) is 0 Å². The molecule has 0 saturated carbocycles. The van der Waals surface area contributed by atoms with E-state index in [1.807, 2.05) is 18.2 Å². The molecule has 0 atom stereocenters. The van der Waals surface area contributed by atoms with E-state index in [0.29, 0.717) is 20.8 Å². The van der Waals surface area contributed by atoms with E-state index >= 15 is 0 Å². The zero-order valence-corrected chi connectivity index (χ0v) is 12.4. The number of halogens is 3. The van der Waals surface area contributed by atoms with Crippen molar-refractivity contribution in [3.05, 3.63) is 57.0 Å². The lowest BCUT2D eigenvalue weighted by atomic mass is 10.2. The van der Waals surface area contributed by atoms with Crippen LogP contribution in [0.25, 0.3) is 0 Å². The third kappa shape index (κ3) is 3.48. The van der Waals surface area contributed by atoms with Crippen molar-refractivity contribution >= 4 is 52.3 Å². The first-order chi connectivity index (χ1) is 8.56. The van der Waals surface area contributed by atoms with Crippen molar-refractivity contribution in [3.8, 4) is 0 Å². The van der Waals surface area contributed by atoms with Crippen LogP contribution in [0, 0.1) is 0 Å². The first-order valence-corrected chi connectivity index (χ1v) is 7.30. The fourth-order valence-electron chi connectivity index (χ4n) is 1.43. The third-order valence-electron chi connectivity index (χ3n) is 2.35. The van der Waals surface area contributed by atoms with E-state index in [0.717, 1.165) is 16.2 Å². The molecule has 0 bridgehead atoms. The molecule has 0 aliphatic rings. The average molecular weight is 319 g/mol. The smallest absolute Gasteiger partial charge is 0.0635 e. The maximum atomic E-state index is 6.09. The van der Waals surface area contributed by atoms with Gasteiger partial charge in [-0.1, -0.05) is 40.9 Å². The summed E-state index contributed by atoms with van der Waals surface area (Å²) in [6.45, 7) is 0. The van der Waals surface area contributed by atoms with Crippen LogP contribution in [0.15, 0.2) is 41.3 Å². The topological polar surface area (TPSA) is 26.0 Å². The van der Waals surface area contributed by atoms with Gasteiger partial charge in [-0.15, -0.1) is 11.8 Å². The van der Waals surface area contributed by atoms with Gasteiger partial charge in [0.05, 0.1) is 15.7 Å². The van der Waals surface area contributed by atoms with Gasteiger partial charge in [-0.25, -0.2) is 0 Å². The van der Waals surface area contributed by atoms with Gasteiger partial charge in [0, 0.05) is 15.7 Å². The predicted octanol–water partition coefficient (Wildman–Crippen LogP) is 5.52. The van der Waals surface area contributed by atoms with Crippen LogP contribution in [0.2, 0.25) is 15.1 Å². The first-order valence-electron chi connectivity index (χ1n) is 5.18. The minimum atomic E-state index is 0.574. The molecular formula is C13H10Cl3NS. The van der Waals surface area contributed by atoms with Crippen molar-refractivity contribution in [2.75, 3.05) is 5.73 Å². The van der Waals surface area contributed by atoms with E-state index < -0.39 is 0 Å². The summed E-state index contributed by atoms with van der Waals surface area (Å²) in [5.74, 6) is 0.765. The Hall–Kier alpha value is -0.540. The van der Waals surface area contributed by atoms with E-state index in [-0.39, 0.29) is 0 Å². The van der Waals surface area contributed by atoms with E-state index in [1.54, 1.807) is 30.0 Å². The van der Waals surface area contributed by atoms with Gasteiger partial charge in [0.25, 0.3) is 0 Å². The Morgan fingerprint density at radius 3 is 2.39 bits per heavy atom. The van der Waals surface area contributed by atoms with Crippen LogP contribution in [0.5, 0.6) is 0 Å². The monoisotopic (exact) mass is 317 g/mol. The minimum absolute atomic E-state index is 0.574. The predicted molar refractivity (Wildman–Crippen MR) is 81.9 cm³/mol. The Balaban J connectivity index is 2.11. The summed E-state index contributed by atoms with van der Waals surface area (Å²) < 4.78 is 0. The molecule has 0 aromatic heterocycles. The highest BCUT2D eigenvalue weighted by Crippen LogP contribution is 2.32. The minimum Gasteiger partial charge on any atom is -0.398 e. The molecule has 0 unspecified atom stereocenters. The first kappa shape index (κ1) is 13.9. The number of anilines is 1. The molecule has 0 radical (unpaired) electrons. The Morgan fingerprint density at radius 1 is 0.944 bits per heavy atom. The molecule has 0 heterocycles. The van der Waals surface area contributed by atoms with Crippen molar-refractivity contribution in [2.24, 2.45) is 0 Å². The Morgan fingerprint density at radius 2 is 1.67 bits per heavy atom. The molecule has 0 aliphatic carbocycles. The second-order valence-corrected chi connectivity index (χ2v) is 5.99. The molecule has 5 heteroatoms. The normalized spacial score (nSPS) is 10.6. The molecule has 2 N–H and O–H groups in total. The van der Waals surface area contributed by atoms with Crippen LogP contribution in [0.1, 0.15) is 5.56 Å². The maximum Gasteiger partial charge on any atom is 0.0635 e. The zero-order valence-electron chi connectivity index (χ0n) is 9.29. The Labute approximate surface area is 125 Å². The molecule has 0 saturated heterocycles. The summed E-state index contributed by atoms with van der Waals surface area (Å²) in [5, 5.41) is 1.95. The van der Waals surface area contributed by atoms with E-state index in [9.17, 15) is 0 Å². The van der Waals surface area contributed by atoms with Crippen molar-refractivity contribution < 1.29 is 0 Å². The molecule has 2 aromatic carbocycles. The molecule has 0 aliphatic heterocycles. The fraction of sp³-hybridized carbons (Fsp3) is 0.0769. The summed E-state index contributed by atoms with van der Waals surface area (Å²) in [7, 11) is 0. The molecule has 2 rings (SSSR count). The van der Waals surface area contributed by atoms with Gasteiger partial charge in [0.2, 0.25) is 0 Å². The summed E-state index contributed by atoms with van der Waals surface area (Å²) in [5.41, 5.74) is 7.44.